The quantitative estimate of drug-likeness (QED) is 0.899. The van der Waals surface area contributed by atoms with Gasteiger partial charge in [0.05, 0.1) is 4.47 Å². The van der Waals surface area contributed by atoms with Crippen LogP contribution in [0.5, 0.6) is 0 Å². The zero-order chi connectivity index (χ0) is 12.3. The lowest BCUT2D eigenvalue weighted by molar-refractivity contribution is 0.452. The number of halogens is 2. The lowest BCUT2D eigenvalue weighted by Gasteiger charge is -2.26. The molecule has 0 amide bonds. The van der Waals surface area contributed by atoms with Gasteiger partial charge in [-0.3, -0.25) is 0 Å². The normalized spacial score (nSPS) is 22.4. The predicted molar refractivity (Wildman–Crippen MR) is 76.0 cm³/mol. The first-order chi connectivity index (χ1) is 8.16. The summed E-state index contributed by atoms with van der Waals surface area (Å²) in [5.74, 6) is 2.27. The second-order valence-electron chi connectivity index (χ2n) is 4.48. The van der Waals surface area contributed by atoms with Gasteiger partial charge in [-0.15, -0.1) is 0 Å². The fraction of sp³-hybridized carbons (Fsp3) is 0.538. The SMILES string of the molecule is CC(NC1CCCSC1)c1ccc(F)c(Br)c1. The lowest BCUT2D eigenvalue weighted by atomic mass is 10.1. The minimum Gasteiger partial charge on any atom is -0.307 e. The second-order valence-corrected chi connectivity index (χ2v) is 6.48. The largest absolute Gasteiger partial charge is 0.307 e. The number of rotatable bonds is 3. The molecule has 2 rings (SSSR count). The highest BCUT2D eigenvalue weighted by atomic mass is 79.9. The van der Waals surface area contributed by atoms with Gasteiger partial charge in [-0.05, 0) is 59.1 Å². The van der Waals surface area contributed by atoms with Gasteiger partial charge in [-0.1, -0.05) is 6.07 Å². The molecule has 1 fully saturated rings. The van der Waals surface area contributed by atoms with Gasteiger partial charge in [-0.2, -0.15) is 11.8 Å². The number of benzene rings is 1. The summed E-state index contributed by atoms with van der Waals surface area (Å²) >= 11 is 5.25. The molecule has 0 radical (unpaired) electrons. The molecule has 94 valence electrons. The van der Waals surface area contributed by atoms with E-state index in [1.165, 1.54) is 30.4 Å². The number of hydrogen-bond donors (Lipinski definition) is 1. The van der Waals surface area contributed by atoms with Crippen molar-refractivity contribution in [3.63, 3.8) is 0 Å². The number of thioether (sulfide) groups is 1. The van der Waals surface area contributed by atoms with Crippen molar-refractivity contribution in [3.05, 3.63) is 34.1 Å². The molecule has 0 aliphatic carbocycles. The number of nitrogens with one attached hydrogen (secondary N) is 1. The van der Waals surface area contributed by atoms with Crippen LogP contribution in [-0.2, 0) is 0 Å². The third kappa shape index (κ3) is 3.70. The van der Waals surface area contributed by atoms with Crippen LogP contribution in [0.1, 0.15) is 31.4 Å². The summed E-state index contributed by atoms with van der Waals surface area (Å²) in [6.07, 6.45) is 2.54. The van der Waals surface area contributed by atoms with Crippen molar-refractivity contribution < 1.29 is 4.39 Å². The Morgan fingerprint density at radius 3 is 3.00 bits per heavy atom. The van der Waals surface area contributed by atoms with Crippen molar-refractivity contribution in [3.8, 4) is 0 Å². The molecule has 1 aliphatic heterocycles. The van der Waals surface area contributed by atoms with Crippen LogP contribution in [0.15, 0.2) is 22.7 Å². The van der Waals surface area contributed by atoms with E-state index in [1.54, 1.807) is 0 Å². The Labute approximate surface area is 115 Å². The fourth-order valence-electron chi connectivity index (χ4n) is 2.10. The molecule has 4 heteroatoms. The van der Waals surface area contributed by atoms with Crippen molar-refractivity contribution in [2.45, 2.75) is 31.8 Å². The summed E-state index contributed by atoms with van der Waals surface area (Å²) in [4.78, 5) is 0. The Balaban J connectivity index is 1.98. The molecule has 2 atom stereocenters. The summed E-state index contributed by atoms with van der Waals surface area (Å²) in [5.41, 5.74) is 1.13. The van der Waals surface area contributed by atoms with Crippen molar-refractivity contribution in [1.82, 2.24) is 5.32 Å². The van der Waals surface area contributed by atoms with Crippen LogP contribution in [0.2, 0.25) is 0 Å². The van der Waals surface area contributed by atoms with E-state index in [0.717, 1.165) is 5.56 Å². The van der Waals surface area contributed by atoms with E-state index in [1.807, 2.05) is 23.9 Å². The highest BCUT2D eigenvalue weighted by Gasteiger charge is 2.17. The molecule has 1 heterocycles. The summed E-state index contributed by atoms with van der Waals surface area (Å²) < 4.78 is 13.7. The third-order valence-electron chi connectivity index (χ3n) is 3.09. The minimum atomic E-state index is -0.200. The van der Waals surface area contributed by atoms with Gasteiger partial charge in [0.2, 0.25) is 0 Å². The molecule has 2 unspecified atom stereocenters. The van der Waals surface area contributed by atoms with Gasteiger partial charge in [0.1, 0.15) is 5.82 Å². The Bertz CT molecular complexity index is 380. The van der Waals surface area contributed by atoms with E-state index < -0.39 is 0 Å². The molecular weight excluding hydrogens is 301 g/mol. The van der Waals surface area contributed by atoms with Gasteiger partial charge in [-0.25, -0.2) is 4.39 Å². The van der Waals surface area contributed by atoms with Crippen LogP contribution in [-0.4, -0.2) is 17.5 Å². The van der Waals surface area contributed by atoms with E-state index in [-0.39, 0.29) is 11.9 Å². The van der Waals surface area contributed by atoms with E-state index in [9.17, 15) is 4.39 Å². The lowest BCUT2D eigenvalue weighted by Crippen LogP contribution is -2.35. The van der Waals surface area contributed by atoms with Gasteiger partial charge in [0.25, 0.3) is 0 Å². The maximum Gasteiger partial charge on any atom is 0.137 e. The second kappa shape index (κ2) is 6.21. The van der Waals surface area contributed by atoms with Crippen molar-refractivity contribution in [1.29, 1.82) is 0 Å². The summed E-state index contributed by atoms with van der Waals surface area (Å²) in [5, 5.41) is 3.62. The molecule has 1 aromatic carbocycles. The molecule has 1 N–H and O–H groups in total. The van der Waals surface area contributed by atoms with Crippen molar-refractivity contribution in [2.24, 2.45) is 0 Å². The zero-order valence-electron chi connectivity index (χ0n) is 9.88. The Morgan fingerprint density at radius 1 is 1.53 bits per heavy atom. The molecule has 1 aliphatic rings. The molecule has 0 aromatic heterocycles. The van der Waals surface area contributed by atoms with Crippen molar-refractivity contribution >= 4 is 27.7 Å². The molecule has 1 aromatic rings. The molecule has 0 bridgehead atoms. The Hall–Kier alpha value is -0.0600. The summed E-state index contributed by atoms with van der Waals surface area (Å²) in [6, 6.07) is 6.10. The zero-order valence-corrected chi connectivity index (χ0v) is 12.3. The minimum absolute atomic E-state index is 0.200. The van der Waals surface area contributed by atoms with Crippen LogP contribution in [0.3, 0.4) is 0 Å². The van der Waals surface area contributed by atoms with Crippen LogP contribution in [0.25, 0.3) is 0 Å². The van der Waals surface area contributed by atoms with Gasteiger partial charge < -0.3 is 5.32 Å². The first-order valence-electron chi connectivity index (χ1n) is 5.95. The average Bonchev–Trinajstić information content (AvgIpc) is 2.34. The maximum atomic E-state index is 13.2. The van der Waals surface area contributed by atoms with Crippen LogP contribution in [0, 0.1) is 5.82 Å². The fourth-order valence-corrected chi connectivity index (χ4v) is 3.59. The summed E-state index contributed by atoms with van der Waals surface area (Å²) in [6.45, 7) is 2.14. The predicted octanol–water partition coefficient (Wildman–Crippen LogP) is 4.13. The van der Waals surface area contributed by atoms with E-state index in [0.29, 0.717) is 10.5 Å². The average molecular weight is 318 g/mol. The van der Waals surface area contributed by atoms with E-state index in [4.69, 9.17) is 0 Å². The first-order valence-corrected chi connectivity index (χ1v) is 7.90. The molecule has 0 saturated carbocycles. The topological polar surface area (TPSA) is 12.0 Å². The van der Waals surface area contributed by atoms with E-state index >= 15 is 0 Å². The maximum absolute atomic E-state index is 13.2. The molecule has 1 saturated heterocycles. The highest BCUT2D eigenvalue weighted by Crippen LogP contribution is 2.24. The monoisotopic (exact) mass is 317 g/mol. The van der Waals surface area contributed by atoms with E-state index in [2.05, 4.69) is 28.2 Å². The Kier molecular flexibility index (Phi) is 4.88. The van der Waals surface area contributed by atoms with Gasteiger partial charge in [0.15, 0.2) is 0 Å². The summed E-state index contributed by atoms with van der Waals surface area (Å²) in [7, 11) is 0. The standard InChI is InChI=1S/C13H17BrFNS/c1-9(16-11-3-2-6-17-8-11)10-4-5-13(15)12(14)7-10/h4-5,7,9,11,16H,2-3,6,8H2,1H3. The van der Waals surface area contributed by atoms with Crippen LogP contribution >= 0.6 is 27.7 Å². The van der Waals surface area contributed by atoms with Crippen molar-refractivity contribution in [2.75, 3.05) is 11.5 Å². The number of hydrogen-bond acceptors (Lipinski definition) is 2. The smallest absolute Gasteiger partial charge is 0.137 e. The van der Waals surface area contributed by atoms with Gasteiger partial charge in [0, 0.05) is 17.8 Å². The van der Waals surface area contributed by atoms with Crippen LogP contribution in [0.4, 0.5) is 4.39 Å². The molecule has 17 heavy (non-hydrogen) atoms. The first kappa shape index (κ1) is 13.4. The van der Waals surface area contributed by atoms with Crippen LogP contribution < -0.4 is 5.32 Å². The third-order valence-corrected chi connectivity index (χ3v) is 4.91. The molecular formula is C13H17BrFNS. The van der Waals surface area contributed by atoms with Gasteiger partial charge >= 0.3 is 0 Å². The molecule has 1 nitrogen and oxygen atoms in total. The Morgan fingerprint density at radius 2 is 2.35 bits per heavy atom. The highest BCUT2D eigenvalue weighted by molar-refractivity contribution is 9.10. The molecule has 0 spiro atoms.